The summed E-state index contributed by atoms with van der Waals surface area (Å²) in [5.74, 6) is 0.818. The second-order valence-electron chi connectivity index (χ2n) is 7.11. The zero-order valence-electron chi connectivity index (χ0n) is 15.8. The molecule has 28 heavy (non-hydrogen) atoms. The number of halogens is 1. The molecule has 1 aliphatic rings. The maximum absolute atomic E-state index is 13.1. The fraction of sp³-hybridized carbons (Fsp3) is 0.261. The maximum atomic E-state index is 13.1. The Morgan fingerprint density at radius 2 is 1.86 bits per heavy atom. The van der Waals surface area contributed by atoms with Gasteiger partial charge in [0.15, 0.2) is 0 Å². The molecule has 5 heteroatoms. The predicted octanol–water partition coefficient (Wildman–Crippen LogP) is 5.00. The van der Waals surface area contributed by atoms with Gasteiger partial charge in [0.05, 0.1) is 13.7 Å². The van der Waals surface area contributed by atoms with Crippen LogP contribution in [0.4, 0.5) is 0 Å². The smallest absolute Gasteiger partial charge is 0.254 e. The number of hydrogen-bond donors (Lipinski definition) is 0. The Labute approximate surface area is 170 Å². The normalized spacial score (nSPS) is 13.4. The lowest BCUT2D eigenvalue weighted by Crippen LogP contribution is -2.33. The summed E-state index contributed by atoms with van der Waals surface area (Å²) in [7, 11) is 1.63. The van der Waals surface area contributed by atoms with Crippen molar-refractivity contribution in [2.24, 2.45) is 0 Å². The summed E-state index contributed by atoms with van der Waals surface area (Å²) in [4.78, 5) is 15.1. The molecule has 0 unspecified atom stereocenters. The molecule has 0 atom stereocenters. The van der Waals surface area contributed by atoms with Gasteiger partial charge in [-0.3, -0.25) is 4.79 Å². The van der Waals surface area contributed by atoms with Crippen LogP contribution in [-0.2, 0) is 13.1 Å². The number of methoxy groups -OCH3 is 1. The fourth-order valence-corrected chi connectivity index (χ4v) is 3.58. The van der Waals surface area contributed by atoms with E-state index in [0.29, 0.717) is 24.7 Å². The Hall–Kier alpha value is -2.72. The molecule has 1 heterocycles. The standard InChI is InChI=1S/C23H23ClN2O2/c1-28-21-12-8-17(9-13-21)23(27)26(19-10-11-19)16-20-6-4-14-25(20)15-18-5-2-3-7-22(18)24/h2-9,12-14,19H,10-11,15-16H2,1H3. The third-order valence-corrected chi connectivity index (χ3v) is 5.51. The molecular formula is C23H23ClN2O2. The van der Waals surface area contributed by atoms with Crippen LogP contribution in [0.3, 0.4) is 0 Å². The van der Waals surface area contributed by atoms with Crippen LogP contribution in [0.1, 0.15) is 34.5 Å². The van der Waals surface area contributed by atoms with Crippen LogP contribution < -0.4 is 4.74 Å². The quantitative estimate of drug-likeness (QED) is 0.565. The van der Waals surface area contributed by atoms with Crippen molar-refractivity contribution in [2.75, 3.05) is 7.11 Å². The molecule has 4 rings (SSSR count). The first kappa shape index (κ1) is 18.6. The number of hydrogen-bond acceptors (Lipinski definition) is 2. The second-order valence-corrected chi connectivity index (χ2v) is 7.52. The van der Waals surface area contributed by atoms with Gasteiger partial charge in [-0.2, -0.15) is 0 Å². The highest BCUT2D eigenvalue weighted by Crippen LogP contribution is 2.30. The first-order chi connectivity index (χ1) is 13.7. The minimum Gasteiger partial charge on any atom is -0.497 e. The average molecular weight is 395 g/mol. The maximum Gasteiger partial charge on any atom is 0.254 e. The molecule has 0 radical (unpaired) electrons. The van der Waals surface area contributed by atoms with E-state index in [-0.39, 0.29) is 5.91 Å². The van der Waals surface area contributed by atoms with Crippen LogP contribution in [0.5, 0.6) is 5.75 Å². The van der Waals surface area contributed by atoms with Gasteiger partial charge in [0.1, 0.15) is 5.75 Å². The number of nitrogens with zero attached hydrogens (tertiary/aromatic N) is 2. The van der Waals surface area contributed by atoms with E-state index in [2.05, 4.69) is 10.6 Å². The topological polar surface area (TPSA) is 34.5 Å². The van der Waals surface area contributed by atoms with Gasteiger partial charge in [-0.1, -0.05) is 29.8 Å². The molecule has 1 aliphatic carbocycles. The van der Waals surface area contributed by atoms with Crippen molar-refractivity contribution >= 4 is 17.5 Å². The molecular weight excluding hydrogens is 372 g/mol. The molecule has 144 valence electrons. The zero-order chi connectivity index (χ0) is 19.5. The van der Waals surface area contributed by atoms with E-state index in [1.807, 2.05) is 65.7 Å². The van der Waals surface area contributed by atoms with Crippen molar-refractivity contribution in [3.8, 4) is 5.75 Å². The monoisotopic (exact) mass is 394 g/mol. The lowest BCUT2D eigenvalue weighted by atomic mass is 10.1. The van der Waals surface area contributed by atoms with Gasteiger partial charge < -0.3 is 14.2 Å². The van der Waals surface area contributed by atoms with Gasteiger partial charge in [0.25, 0.3) is 5.91 Å². The molecule has 4 nitrogen and oxygen atoms in total. The van der Waals surface area contributed by atoms with Gasteiger partial charge in [0, 0.05) is 35.1 Å². The molecule has 0 saturated heterocycles. The highest BCUT2D eigenvalue weighted by Gasteiger charge is 2.33. The number of rotatable bonds is 7. The summed E-state index contributed by atoms with van der Waals surface area (Å²) >= 11 is 6.33. The minimum absolute atomic E-state index is 0.0654. The van der Waals surface area contributed by atoms with Crippen LogP contribution in [0.2, 0.25) is 5.02 Å². The summed E-state index contributed by atoms with van der Waals surface area (Å²) in [6.07, 6.45) is 4.17. The number of aromatic nitrogens is 1. The molecule has 3 aromatic rings. The summed E-state index contributed by atoms with van der Waals surface area (Å²) < 4.78 is 7.36. The lowest BCUT2D eigenvalue weighted by Gasteiger charge is -2.24. The number of benzene rings is 2. The summed E-state index contributed by atoms with van der Waals surface area (Å²) in [5, 5.41) is 0.760. The molecule has 2 aromatic carbocycles. The van der Waals surface area contributed by atoms with Crippen molar-refractivity contribution in [1.82, 2.24) is 9.47 Å². The number of ether oxygens (including phenoxy) is 1. The summed E-state index contributed by atoms with van der Waals surface area (Å²) in [6, 6.07) is 19.6. The van der Waals surface area contributed by atoms with Crippen molar-refractivity contribution < 1.29 is 9.53 Å². The van der Waals surface area contributed by atoms with Gasteiger partial charge in [0.2, 0.25) is 0 Å². The van der Waals surface area contributed by atoms with Crippen LogP contribution in [0.25, 0.3) is 0 Å². The number of amides is 1. The number of carbonyl (C=O) groups is 1. The van der Waals surface area contributed by atoms with Crippen LogP contribution >= 0.6 is 11.6 Å². The molecule has 0 N–H and O–H groups in total. The van der Waals surface area contributed by atoms with E-state index >= 15 is 0 Å². The second kappa shape index (κ2) is 8.11. The molecule has 0 spiro atoms. The molecule has 0 bridgehead atoms. The molecule has 1 fully saturated rings. The molecule has 1 aromatic heterocycles. The third-order valence-electron chi connectivity index (χ3n) is 5.14. The Balaban J connectivity index is 1.54. The number of carbonyl (C=O) groups excluding carboxylic acids is 1. The molecule has 0 aliphatic heterocycles. The van der Waals surface area contributed by atoms with Crippen molar-refractivity contribution in [1.29, 1.82) is 0 Å². The Morgan fingerprint density at radius 1 is 1.11 bits per heavy atom. The van der Waals surface area contributed by atoms with E-state index in [4.69, 9.17) is 16.3 Å². The van der Waals surface area contributed by atoms with Crippen LogP contribution in [-0.4, -0.2) is 28.5 Å². The van der Waals surface area contributed by atoms with E-state index < -0.39 is 0 Å². The Bertz CT molecular complexity index is 961. The third kappa shape index (κ3) is 4.07. The zero-order valence-corrected chi connectivity index (χ0v) is 16.6. The van der Waals surface area contributed by atoms with Crippen molar-refractivity contribution in [3.63, 3.8) is 0 Å². The lowest BCUT2D eigenvalue weighted by molar-refractivity contribution is 0.0726. The highest BCUT2D eigenvalue weighted by molar-refractivity contribution is 6.31. The van der Waals surface area contributed by atoms with E-state index in [9.17, 15) is 4.79 Å². The first-order valence-corrected chi connectivity index (χ1v) is 9.86. The van der Waals surface area contributed by atoms with E-state index in [0.717, 1.165) is 34.9 Å². The van der Waals surface area contributed by atoms with E-state index in [1.165, 1.54) is 0 Å². The summed E-state index contributed by atoms with van der Waals surface area (Å²) in [5.41, 5.74) is 2.87. The SMILES string of the molecule is COc1ccc(C(=O)N(Cc2cccn2Cc2ccccc2Cl)C2CC2)cc1. The Morgan fingerprint density at radius 3 is 2.54 bits per heavy atom. The Kier molecular flexibility index (Phi) is 5.40. The molecule has 1 amide bonds. The van der Waals surface area contributed by atoms with Gasteiger partial charge >= 0.3 is 0 Å². The van der Waals surface area contributed by atoms with Crippen molar-refractivity contribution in [3.05, 3.63) is 88.7 Å². The predicted molar refractivity (Wildman–Crippen MR) is 111 cm³/mol. The average Bonchev–Trinajstić information content (AvgIpc) is 3.47. The molecule has 1 saturated carbocycles. The first-order valence-electron chi connectivity index (χ1n) is 9.48. The van der Waals surface area contributed by atoms with Crippen molar-refractivity contribution in [2.45, 2.75) is 32.0 Å². The van der Waals surface area contributed by atoms with Gasteiger partial charge in [-0.05, 0) is 60.9 Å². The van der Waals surface area contributed by atoms with E-state index in [1.54, 1.807) is 7.11 Å². The van der Waals surface area contributed by atoms with Crippen LogP contribution in [0.15, 0.2) is 66.9 Å². The highest BCUT2D eigenvalue weighted by atomic mass is 35.5. The van der Waals surface area contributed by atoms with Gasteiger partial charge in [-0.25, -0.2) is 0 Å². The fourth-order valence-electron chi connectivity index (χ4n) is 3.38. The van der Waals surface area contributed by atoms with Crippen LogP contribution in [0, 0.1) is 0 Å². The summed E-state index contributed by atoms with van der Waals surface area (Å²) in [6.45, 7) is 1.28. The van der Waals surface area contributed by atoms with Gasteiger partial charge in [-0.15, -0.1) is 0 Å². The largest absolute Gasteiger partial charge is 0.497 e. The minimum atomic E-state index is 0.0654.